The highest BCUT2D eigenvalue weighted by atomic mass is 16.6. The molecule has 0 unspecified atom stereocenters. The van der Waals surface area contributed by atoms with Gasteiger partial charge >= 0.3 is 0 Å². The summed E-state index contributed by atoms with van der Waals surface area (Å²) in [5.41, 5.74) is 5.26. The summed E-state index contributed by atoms with van der Waals surface area (Å²) >= 11 is 0. The van der Waals surface area contributed by atoms with Crippen LogP contribution in [0.3, 0.4) is 0 Å². The SMILES string of the molecule is O=C1C=C2CCCC(c3ccc([N+](=O)[O-])cc3)=C2N1Cc1ccccc1. The lowest BCUT2D eigenvalue weighted by Crippen LogP contribution is -2.25. The maximum Gasteiger partial charge on any atom is 0.269 e. The number of nitrogens with zero attached hydrogens (tertiary/aromatic N) is 2. The first-order valence-corrected chi connectivity index (χ1v) is 8.68. The molecule has 1 heterocycles. The lowest BCUT2D eigenvalue weighted by Gasteiger charge is -2.27. The molecule has 1 amide bonds. The largest absolute Gasteiger partial charge is 0.304 e. The first kappa shape index (κ1) is 16.3. The molecule has 4 rings (SSSR count). The van der Waals surface area contributed by atoms with E-state index in [4.69, 9.17) is 0 Å². The van der Waals surface area contributed by atoms with Gasteiger partial charge in [-0.25, -0.2) is 0 Å². The number of rotatable bonds is 4. The molecule has 2 aromatic rings. The summed E-state index contributed by atoms with van der Waals surface area (Å²) < 4.78 is 0. The number of allylic oxidation sites excluding steroid dienone is 2. The van der Waals surface area contributed by atoms with Gasteiger partial charge in [0.1, 0.15) is 0 Å². The molecule has 0 atom stereocenters. The third-order valence-corrected chi connectivity index (χ3v) is 4.91. The molecule has 1 aliphatic carbocycles. The molecule has 5 heteroatoms. The van der Waals surface area contributed by atoms with E-state index in [0.717, 1.165) is 47.2 Å². The quantitative estimate of drug-likeness (QED) is 0.606. The van der Waals surface area contributed by atoms with Crippen molar-refractivity contribution in [1.82, 2.24) is 4.90 Å². The monoisotopic (exact) mass is 346 g/mol. The standard InChI is InChI=1S/C21H18N2O3/c24-20-13-17-7-4-8-19(16-9-11-18(12-10-16)23(25)26)21(17)22(20)14-15-5-2-1-3-6-15/h1-3,5-6,9-13H,4,7-8,14H2. The minimum atomic E-state index is -0.394. The molecule has 0 bridgehead atoms. The van der Waals surface area contributed by atoms with Crippen LogP contribution in [0.25, 0.3) is 5.57 Å². The number of hydrogen-bond donors (Lipinski definition) is 0. The van der Waals surface area contributed by atoms with Crippen molar-refractivity contribution in [3.05, 3.63) is 93.2 Å². The topological polar surface area (TPSA) is 63.4 Å². The van der Waals surface area contributed by atoms with Gasteiger partial charge < -0.3 is 4.90 Å². The van der Waals surface area contributed by atoms with Gasteiger partial charge in [-0.15, -0.1) is 0 Å². The van der Waals surface area contributed by atoms with E-state index in [9.17, 15) is 14.9 Å². The number of nitro benzene ring substituents is 1. The summed E-state index contributed by atoms with van der Waals surface area (Å²) in [6, 6.07) is 16.5. The smallest absolute Gasteiger partial charge is 0.269 e. The summed E-state index contributed by atoms with van der Waals surface area (Å²) in [5, 5.41) is 10.9. The third-order valence-electron chi connectivity index (χ3n) is 4.91. The van der Waals surface area contributed by atoms with Gasteiger partial charge in [0.25, 0.3) is 11.6 Å². The third kappa shape index (κ3) is 2.92. The number of carbonyl (C=O) groups is 1. The van der Waals surface area contributed by atoms with Crippen molar-refractivity contribution in [1.29, 1.82) is 0 Å². The molecular weight excluding hydrogens is 328 g/mol. The first-order chi connectivity index (χ1) is 12.6. The van der Waals surface area contributed by atoms with Gasteiger partial charge in [0.05, 0.1) is 17.2 Å². The van der Waals surface area contributed by atoms with Crippen molar-refractivity contribution in [3.8, 4) is 0 Å². The van der Waals surface area contributed by atoms with Gasteiger partial charge in [0, 0.05) is 18.2 Å². The maximum atomic E-state index is 12.6. The number of nitro groups is 1. The molecule has 0 fully saturated rings. The van der Waals surface area contributed by atoms with Crippen molar-refractivity contribution in [3.63, 3.8) is 0 Å². The van der Waals surface area contributed by atoms with E-state index < -0.39 is 4.92 Å². The first-order valence-electron chi connectivity index (χ1n) is 8.68. The number of fused-ring (bicyclic) bond motifs is 1. The molecule has 5 nitrogen and oxygen atoms in total. The van der Waals surface area contributed by atoms with Crippen LogP contribution >= 0.6 is 0 Å². The minimum absolute atomic E-state index is 0.0140. The molecule has 26 heavy (non-hydrogen) atoms. The highest BCUT2D eigenvalue weighted by Gasteiger charge is 2.32. The van der Waals surface area contributed by atoms with Crippen LogP contribution in [0.1, 0.15) is 30.4 Å². The van der Waals surface area contributed by atoms with Crippen LogP contribution < -0.4 is 0 Å². The van der Waals surface area contributed by atoms with Gasteiger partial charge in [-0.3, -0.25) is 14.9 Å². The molecule has 0 spiro atoms. The second kappa shape index (κ2) is 6.59. The Morgan fingerprint density at radius 1 is 1.00 bits per heavy atom. The predicted molar refractivity (Wildman–Crippen MR) is 98.9 cm³/mol. The van der Waals surface area contributed by atoms with E-state index in [-0.39, 0.29) is 11.6 Å². The van der Waals surface area contributed by atoms with Crippen molar-refractivity contribution in [2.45, 2.75) is 25.8 Å². The summed E-state index contributed by atoms with van der Waals surface area (Å²) in [6.45, 7) is 0.533. The molecular formula is C21H18N2O3. The van der Waals surface area contributed by atoms with Crippen LogP contribution in [0.2, 0.25) is 0 Å². The Kier molecular flexibility index (Phi) is 4.13. The van der Waals surface area contributed by atoms with Gasteiger partial charge in [-0.1, -0.05) is 30.3 Å². The van der Waals surface area contributed by atoms with Crippen LogP contribution in [0.15, 0.2) is 71.9 Å². The van der Waals surface area contributed by atoms with E-state index >= 15 is 0 Å². The van der Waals surface area contributed by atoms with E-state index in [1.165, 1.54) is 12.1 Å². The van der Waals surface area contributed by atoms with Crippen LogP contribution in [0.4, 0.5) is 5.69 Å². The van der Waals surface area contributed by atoms with Crippen LogP contribution in [0, 0.1) is 10.1 Å². The Hall–Kier alpha value is -3.21. The molecule has 0 radical (unpaired) electrons. The number of benzene rings is 2. The molecule has 0 aromatic heterocycles. The summed E-state index contributed by atoms with van der Waals surface area (Å²) in [4.78, 5) is 24.9. The maximum absolute atomic E-state index is 12.6. The van der Waals surface area contributed by atoms with Gasteiger partial charge in [-0.05, 0) is 53.7 Å². The van der Waals surface area contributed by atoms with Crippen LogP contribution in [-0.4, -0.2) is 15.7 Å². The predicted octanol–water partition coefficient (Wildman–Crippen LogP) is 4.46. The van der Waals surface area contributed by atoms with Crippen LogP contribution in [0.5, 0.6) is 0 Å². The normalized spacial score (nSPS) is 16.5. The Bertz CT molecular complexity index is 927. The zero-order chi connectivity index (χ0) is 18.1. The highest BCUT2D eigenvalue weighted by Crippen LogP contribution is 2.41. The molecule has 2 aromatic carbocycles. The number of amides is 1. The van der Waals surface area contributed by atoms with E-state index in [0.29, 0.717) is 6.54 Å². The Morgan fingerprint density at radius 3 is 2.42 bits per heavy atom. The summed E-state index contributed by atoms with van der Waals surface area (Å²) in [7, 11) is 0. The second-order valence-corrected chi connectivity index (χ2v) is 6.56. The van der Waals surface area contributed by atoms with Crippen molar-refractivity contribution < 1.29 is 9.72 Å². The number of carbonyl (C=O) groups excluding carboxylic acids is 1. The van der Waals surface area contributed by atoms with Gasteiger partial charge in [-0.2, -0.15) is 0 Å². The zero-order valence-corrected chi connectivity index (χ0v) is 14.2. The van der Waals surface area contributed by atoms with Crippen molar-refractivity contribution in [2.24, 2.45) is 0 Å². The zero-order valence-electron chi connectivity index (χ0n) is 14.2. The van der Waals surface area contributed by atoms with Gasteiger partial charge in [0.15, 0.2) is 0 Å². The molecule has 0 N–H and O–H groups in total. The average molecular weight is 346 g/mol. The number of hydrogen-bond acceptors (Lipinski definition) is 3. The fourth-order valence-electron chi connectivity index (χ4n) is 3.69. The molecule has 0 saturated heterocycles. The minimum Gasteiger partial charge on any atom is -0.304 e. The van der Waals surface area contributed by atoms with Crippen LogP contribution in [-0.2, 0) is 11.3 Å². The fraction of sp³-hybridized carbons (Fsp3) is 0.190. The fourth-order valence-corrected chi connectivity index (χ4v) is 3.69. The lowest BCUT2D eigenvalue weighted by molar-refractivity contribution is -0.384. The molecule has 2 aliphatic rings. The second-order valence-electron chi connectivity index (χ2n) is 6.56. The Morgan fingerprint density at radius 2 is 1.73 bits per heavy atom. The Labute approximate surface area is 151 Å². The lowest BCUT2D eigenvalue weighted by atomic mass is 9.88. The summed E-state index contributed by atoms with van der Waals surface area (Å²) in [6.07, 6.45) is 4.48. The van der Waals surface area contributed by atoms with Crippen molar-refractivity contribution >= 4 is 17.2 Å². The van der Waals surface area contributed by atoms with E-state index in [2.05, 4.69) is 0 Å². The highest BCUT2D eigenvalue weighted by molar-refractivity contribution is 5.98. The van der Waals surface area contributed by atoms with Gasteiger partial charge in [0.2, 0.25) is 0 Å². The molecule has 0 saturated carbocycles. The Balaban J connectivity index is 1.74. The average Bonchev–Trinajstić information content (AvgIpc) is 2.98. The number of non-ortho nitro benzene ring substituents is 1. The summed E-state index contributed by atoms with van der Waals surface area (Å²) in [5.74, 6) is 0.0140. The van der Waals surface area contributed by atoms with Crippen molar-refractivity contribution in [2.75, 3.05) is 0 Å². The molecule has 130 valence electrons. The molecule has 1 aliphatic heterocycles. The van der Waals surface area contributed by atoms with E-state index in [1.807, 2.05) is 35.2 Å². The van der Waals surface area contributed by atoms with E-state index in [1.54, 1.807) is 18.2 Å².